The van der Waals surface area contributed by atoms with Gasteiger partial charge >= 0.3 is 7.12 Å². The maximum Gasteiger partial charge on any atom is 0.643 e. The first-order chi connectivity index (χ1) is 16.7. The van der Waals surface area contributed by atoms with Crippen molar-refractivity contribution < 1.29 is 4.48 Å². The predicted octanol–water partition coefficient (Wildman–Crippen LogP) is 6.09. The zero-order chi connectivity index (χ0) is 22.8. The maximum atomic E-state index is 2.51. The molecule has 5 heteroatoms. The summed E-state index contributed by atoms with van der Waals surface area (Å²) in [5.74, 6) is 1.21. The summed E-state index contributed by atoms with van der Waals surface area (Å²) in [5.41, 5.74) is 9.85. The Labute approximate surface area is 200 Å². The van der Waals surface area contributed by atoms with E-state index in [9.17, 15) is 0 Å². The summed E-state index contributed by atoms with van der Waals surface area (Å²) >= 11 is 0. The van der Waals surface area contributed by atoms with Crippen molar-refractivity contribution >= 4 is 29.9 Å². The second-order valence-electron chi connectivity index (χ2n) is 9.07. The Morgan fingerprint density at radius 3 is 2.00 bits per heavy atom. The van der Waals surface area contributed by atoms with Gasteiger partial charge in [0.2, 0.25) is 0 Å². The molecule has 0 aliphatic carbocycles. The highest BCUT2D eigenvalue weighted by molar-refractivity contribution is 6.64. The van der Waals surface area contributed by atoms with Gasteiger partial charge in [-0.25, -0.2) is 4.57 Å². The molecule has 5 aromatic rings. The van der Waals surface area contributed by atoms with Gasteiger partial charge in [-0.05, 0) is 42.8 Å². The van der Waals surface area contributed by atoms with Gasteiger partial charge in [0.15, 0.2) is 0 Å². The molecule has 0 amide bonds. The second kappa shape index (κ2) is 7.13. The maximum absolute atomic E-state index is 2.51. The van der Waals surface area contributed by atoms with Crippen LogP contribution in [0.2, 0.25) is 0 Å². The lowest BCUT2D eigenvalue weighted by atomic mass is 9.78. The summed E-state index contributed by atoms with van der Waals surface area (Å²) in [6.45, 7) is 2.21. The first kappa shape index (κ1) is 19.2. The zero-order valence-corrected chi connectivity index (χ0v) is 19.3. The number of hydrogen-bond donors (Lipinski definition) is 0. The summed E-state index contributed by atoms with van der Waals surface area (Å²) in [4.78, 5) is 4.99. The van der Waals surface area contributed by atoms with Crippen LogP contribution >= 0.6 is 0 Å². The standard InChI is InChI=1S/C29H24BN4/c1-21-11-10-18-27-28(21)29-31(2)19-20-32(29)30-33(22-12-4-3-5-13-22)25-16-8-6-14-23(25)24-15-7-9-17-26(24)34(27)30/h3-20H,1-2H3/q+1. The molecule has 0 N–H and O–H groups in total. The molecule has 2 aliphatic rings. The molecule has 0 spiro atoms. The third-order valence-corrected chi connectivity index (χ3v) is 7.13. The number of aryl methyl sites for hydroxylation is 2. The van der Waals surface area contributed by atoms with Crippen molar-refractivity contribution in [1.29, 1.82) is 0 Å². The van der Waals surface area contributed by atoms with E-state index in [0.29, 0.717) is 0 Å². The molecule has 162 valence electrons. The summed E-state index contributed by atoms with van der Waals surface area (Å²) < 4.78 is 4.66. The van der Waals surface area contributed by atoms with Crippen LogP contribution in [0, 0.1) is 6.92 Å². The Balaban J connectivity index is 1.66. The highest BCUT2D eigenvalue weighted by Gasteiger charge is 2.52. The minimum absolute atomic E-state index is 0.0994. The summed E-state index contributed by atoms with van der Waals surface area (Å²) in [5, 5.41) is 0. The van der Waals surface area contributed by atoms with Crippen molar-refractivity contribution in [3.8, 4) is 22.5 Å². The van der Waals surface area contributed by atoms with Gasteiger partial charge in [-0.3, -0.25) is 4.48 Å². The van der Waals surface area contributed by atoms with E-state index in [4.69, 9.17) is 0 Å². The van der Waals surface area contributed by atoms with Crippen LogP contribution in [0.25, 0.3) is 22.5 Å². The van der Waals surface area contributed by atoms with E-state index in [1.54, 1.807) is 0 Å². The summed E-state index contributed by atoms with van der Waals surface area (Å²) in [6.07, 6.45) is 4.38. The van der Waals surface area contributed by atoms with Gasteiger partial charge in [0.05, 0.1) is 12.6 Å². The first-order valence-corrected chi connectivity index (χ1v) is 11.7. The van der Waals surface area contributed by atoms with Crippen LogP contribution in [-0.2, 0) is 7.05 Å². The van der Waals surface area contributed by atoms with Gasteiger partial charge in [0, 0.05) is 33.9 Å². The lowest BCUT2D eigenvalue weighted by Crippen LogP contribution is -2.71. The van der Waals surface area contributed by atoms with Crippen molar-refractivity contribution in [2.75, 3.05) is 9.62 Å². The fourth-order valence-corrected chi connectivity index (χ4v) is 5.68. The van der Waals surface area contributed by atoms with Crippen molar-refractivity contribution in [2.24, 2.45) is 7.05 Å². The van der Waals surface area contributed by atoms with Gasteiger partial charge in [0.25, 0.3) is 5.82 Å². The van der Waals surface area contributed by atoms with Gasteiger partial charge in [-0.2, -0.15) is 0 Å². The molecule has 1 aromatic heterocycles. The fraction of sp³-hybridized carbons (Fsp3) is 0.0690. The molecule has 0 bridgehead atoms. The minimum Gasteiger partial charge on any atom is -0.322 e. The first-order valence-electron chi connectivity index (χ1n) is 11.7. The average Bonchev–Trinajstić information content (AvgIpc) is 3.20. The topological polar surface area (TPSA) is 15.3 Å². The lowest BCUT2D eigenvalue weighted by molar-refractivity contribution is -0.526. The number of aromatic nitrogens is 2. The Bertz CT molecular complexity index is 1560. The van der Waals surface area contributed by atoms with Gasteiger partial charge in [0.1, 0.15) is 12.4 Å². The Morgan fingerprint density at radius 1 is 0.647 bits per heavy atom. The Kier molecular flexibility index (Phi) is 4.03. The van der Waals surface area contributed by atoms with E-state index in [2.05, 4.69) is 142 Å². The molecule has 2 aliphatic heterocycles. The third kappa shape index (κ3) is 2.52. The number of benzene rings is 4. The molecule has 7 rings (SSSR count). The van der Waals surface area contributed by atoms with Crippen LogP contribution in [0.15, 0.2) is 109 Å². The Morgan fingerprint density at radius 2 is 1.26 bits per heavy atom. The van der Waals surface area contributed by atoms with Crippen molar-refractivity contribution in [3.63, 3.8) is 0 Å². The number of hydrogen-bond acceptors (Lipinski definition) is 2. The van der Waals surface area contributed by atoms with Gasteiger partial charge in [-0.1, -0.05) is 66.7 Å². The molecule has 0 saturated carbocycles. The molecule has 0 unspecified atom stereocenters. The number of para-hydroxylation sites is 3. The Hall–Kier alpha value is -4.25. The van der Waals surface area contributed by atoms with E-state index in [-0.39, 0.29) is 7.12 Å². The molecule has 4 nitrogen and oxygen atoms in total. The van der Waals surface area contributed by atoms with Crippen LogP contribution in [0.1, 0.15) is 5.56 Å². The molecule has 4 aromatic carbocycles. The third-order valence-electron chi connectivity index (χ3n) is 7.13. The molecule has 0 atom stereocenters. The van der Waals surface area contributed by atoms with Gasteiger partial charge in [-0.15, -0.1) is 0 Å². The number of anilines is 4. The fourth-order valence-electron chi connectivity index (χ4n) is 5.68. The number of rotatable bonds is 1. The summed E-state index contributed by atoms with van der Waals surface area (Å²) in [7, 11) is 2.04. The van der Waals surface area contributed by atoms with E-state index in [0.717, 1.165) is 5.69 Å². The average molecular weight is 439 g/mol. The quantitative estimate of drug-likeness (QED) is 0.294. The number of imidazole rings is 1. The molecule has 3 heterocycles. The van der Waals surface area contributed by atoms with Crippen LogP contribution < -0.4 is 14.1 Å². The van der Waals surface area contributed by atoms with Gasteiger partial charge < -0.3 is 9.62 Å². The molecule has 0 saturated heterocycles. The molecular formula is C29H24BN4+. The normalized spacial score (nSPS) is 13.4. The van der Waals surface area contributed by atoms with E-state index < -0.39 is 0 Å². The SMILES string of the molecule is Cc1cccc2c1-c1n(C)cc[n+]1B1N(c3ccccc3)c3ccccc3-c3ccccc3N12. The van der Waals surface area contributed by atoms with Crippen molar-refractivity contribution in [3.05, 3.63) is 115 Å². The number of nitrogens with zero attached hydrogens (tertiary/aromatic N) is 4. The van der Waals surface area contributed by atoms with E-state index >= 15 is 0 Å². The molecule has 34 heavy (non-hydrogen) atoms. The van der Waals surface area contributed by atoms with E-state index in [1.807, 2.05) is 0 Å². The zero-order valence-electron chi connectivity index (χ0n) is 19.3. The van der Waals surface area contributed by atoms with Crippen LogP contribution in [0.4, 0.5) is 22.7 Å². The largest absolute Gasteiger partial charge is 0.643 e. The minimum atomic E-state index is -0.0994. The molecular weight excluding hydrogens is 415 g/mol. The summed E-state index contributed by atoms with van der Waals surface area (Å²) in [6, 6.07) is 35.0. The second-order valence-corrected chi connectivity index (χ2v) is 9.07. The van der Waals surface area contributed by atoms with Crippen LogP contribution in [0.3, 0.4) is 0 Å². The lowest BCUT2D eigenvalue weighted by Gasteiger charge is -2.38. The highest BCUT2D eigenvalue weighted by Crippen LogP contribution is 2.49. The van der Waals surface area contributed by atoms with Crippen molar-refractivity contribution in [2.45, 2.75) is 6.92 Å². The molecule has 0 radical (unpaired) electrons. The van der Waals surface area contributed by atoms with E-state index in [1.165, 1.54) is 45.1 Å². The van der Waals surface area contributed by atoms with Crippen LogP contribution in [-0.4, -0.2) is 11.7 Å². The monoisotopic (exact) mass is 439 g/mol. The van der Waals surface area contributed by atoms with Crippen molar-refractivity contribution in [1.82, 2.24) is 4.57 Å². The number of fused-ring (bicyclic) bond motifs is 10. The highest BCUT2D eigenvalue weighted by atomic mass is 15.4. The smallest absolute Gasteiger partial charge is 0.322 e. The molecule has 0 fully saturated rings. The predicted molar refractivity (Wildman–Crippen MR) is 140 cm³/mol. The van der Waals surface area contributed by atoms with Crippen LogP contribution in [0.5, 0.6) is 0 Å².